The van der Waals surface area contributed by atoms with Crippen molar-refractivity contribution in [2.24, 2.45) is 0 Å². The van der Waals surface area contributed by atoms with E-state index in [1.54, 1.807) is 4.90 Å². The van der Waals surface area contributed by atoms with E-state index in [0.717, 1.165) is 47.1 Å². The number of ether oxygens (including phenoxy) is 2. The van der Waals surface area contributed by atoms with Crippen molar-refractivity contribution in [3.63, 3.8) is 0 Å². The zero-order chi connectivity index (χ0) is 26.8. The van der Waals surface area contributed by atoms with Gasteiger partial charge in [0.05, 0.1) is 36.4 Å². The molecule has 0 saturated carbocycles. The monoisotopic (exact) mass is 541 g/mol. The van der Waals surface area contributed by atoms with E-state index in [2.05, 4.69) is 35.2 Å². The fraction of sp³-hybridized carbons (Fsp3) is 0.400. The molecular formula is C30H31N5O3S. The molecule has 3 heterocycles. The van der Waals surface area contributed by atoms with Crippen molar-refractivity contribution < 1.29 is 14.3 Å². The van der Waals surface area contributed by atoms with E-state index >= 15 is 0 Å². The Balaban J connectivity index is 1.21. The van der Waals surface area contributed by atoms with Gasteiger partial charge in [-0.25, -0.2) is 14.8 Å². The second-order valence-corrected chi connectivity index (χ2v) is 11.2. The van der Waals surface area contributed by atoms with Crippen molar-refractivity contribution in [3.8, 4) is 6.07 Å². The van der Waals surface area contributed by atoms with Crippen LogP contribution in [0.1, 0.15) is 34.4 Å². The van der Waals surface area contributed by atoms with Crippen molar-refractivity contribution >= 4 is 23.7 Å². The lowest BCUT2D eigenvalue weighted by Crippen LogP contribution is -2.56. The summed E-state index contributed by atoms with van der Waals surface area (Å²) in [5, 5.41) is 10.3. The van der Waals surface area contributed by atoms with E-state index in [1.165, 1.54) is 22.9 Å². The molecule has 8 nitrogen and oxygen atoms in total. The second-order valence-electron chi connectivity index (χ2n) is 10.4. The van der Waals surface area contributed by atoms with Gasteiger partial charge in [0.15, 0.2) is 5.16 Å². The molecule has 0 radical (unpaired) electrons. The number of hydrogen-bond acceptors (Lipinski definition) is 8. The molecule has 1 atom stereocenters. The van der Waals surface area contributed by atoms with Gasteiger partial charge >= 0.3 is 6.09 Å². The van der Waals surface area contributed by atoms with Crippen LogP contribution < -0.4 is 4.90 Å². The van der Waals surface area contributed by atoms with E-state index in [0.29, 0.717) is 26.2 Å². The highest BCUT2D eigenvalue weighted by Crippen LogP contribution is 2.41. The Labute approximate surface area is 233 Å². The largest absolute Gasteiger partial charge is 0.445 e. The van der Waals surface area contributed by atoms with Crippen LogP contribution in [-0.2, 0) is 41.9 Å². The molecule has 9 heteroatoms. The molecule has 39 heavy (non-hydrogen) atoms. The molecule has 1 fully saturated rings. The summed E-state index contributed by atoms with van der Waals surface area (Å²) in [6.45, 7) is 2.21. The minimum absolute atomic E-state index is 0.207. The number of amides is 1. The number of benzene rings is 2. The van der Waals surface area contributed by atoms with Crippen LogP contribution in [0.4, 0.5) is 10.6 Å². The number of piperazine rings is 1. The second kappa shape index (κ2) is 10.9. The molecule has 2 aliphatic heterocycles. The number of thioether (sulfide) groups is 1. The molecule has 2 aromatic carbocycles. The fourth-order valence-corrected chi connectivity index (χ4v) is 6.36. The van der Waals surface area contributed by atoms with Crippen LogP contribution in [0.15, 0.2) is 59.8 Å². The van der Waals surface area contributed by atoms with Crippen molar-refractivity contribution in [2.75, 3.05) is 30.8 Å². The normalized spacial score (nSPS) is 19.3. The van der Waals surface area contributed by atoms with Crippen LogP contribution in [-0.4, -0.2) is 58.5 Å². The SMILES string of the molecule is CSc1nc2c(c(N3CCN(C(=O)OCc4ccccc4)[C@@H](CC#N)C3)n1)COC1(Cc3ccccc3C1)C2. The molecule has 1 aromatic heterocycles. The van der Waals surface area contributed by atoms with Gasteiger partial charge in [0.25, 0.3) is 0 Å². The summed E-state index contributed by atoms with van der Waals surface area (Å²) in [6.07, 6.45) is 4.35. The predicted molar refractivity (Wildman–Crippen MR) is 148 cm³/mol. The smallest absolute Gasteiger partial charge is 0.410 e. The van der Waals surface area contributed by atoms with Gasteiger partial charge in [-0.2, -0.15) is 5.26 Å². The Morgan fingerprint density at radius 1 is 1.10 bits per heavy atom. The Kier molecular flexibility index (Phi) is 7.15. The van der Waals surface area contributed by atoms with Crippen molar-refractivity contribution in [1.82, 2.24) is 14.9 Å². The summed E-state index contributed by atoms with van der Waals surface area (Å²) in [5.74, 6) is 0.856. The van der Waals surface area contributed by atoms with Crippen LogP contribution in [0.25, 0.3) is 0 Å². The average Bonchev–Trinajstić information content (AvgIpc) is 3.33. The lowest BCUT2D eigenvalue weighted by molar-refractivity contribution is -0.0613. The van der Waals surface area contributed by atoms with Gasteiger partial charge in [-0.15, -0.1) is 0 Å². The van der Waals surface area contributed by atoms with Gasteiger partial charge in [-0.3, -0.25) is 0 Å². The fourth-order valence-electron chi connectivity index (χ4n) is 5.98. The quantitative estimate of drug-likeness (QED) is 0.343. The highest BCUT2D eigenvalue weighted by Gasteiger charge is 2.43. The number of nitriles is 1. The number of nitrogens with zero attached hydrogens (tertiary/aromatic N) is 5. The average molecular weight is 542 g/mol. The van der Waals surface area contributed by atoms with Gasteiger partial charge in [-0.05, 0) is 22.9 Å². The molecule has 3 aromatic rings. The van der Waals surface area contributed by atoms with Crippen LogP contribution in [0, 0.1) is 11.3 Å². The molecular weight excluding hydrogens is 510 g/mol. The van der Waals surface area contributed by atoms with E-state index in [-0.39, 0.29) is 30.8 Å². The van der Waals surface area contributed by atoms with Crippen LogP contribution in [0.2, 0.25) is 0 Å². The Bertz CT molecular complexity index is 1380. The molecule has 1 saturated heterocycles. The standard InChI is InChI=1S/C30H31N5O3S/c1-39-28-32-26-17-30(15-22-9-5-6-10-23(22)16-30)38-20-25(26)27(33-28)34-13-14-35(24(18-34)11-12-31)29(36)37-19-21-7-3-2-4-8-21/h2-10,24H,11,13-20H2,1H3/t24-/m0/s1. The first kappa shape index (κ1) is 25.7. The van der Waals surface area contributed by atoms with E-state index in [9.17, 15) is 10.1 Å². The third-order valence-corrected chi connectivity index (χ3v) is 8.49. The Morgan fingerprint density at radius 3 is 2.56 bits per heavy atom. The first-order valence-electron chi connectivity index (χ1n) is 13.3. The zero-order valence-electron chi connectivity index (χ0n) is 22.0. The number of fused-ring (bicyclic) bond motifs is 2. The first-order valence-corrected chi connectivity index (χ1v) is 14.5. The minimum atomic E-state index is -0.389. The van der Waals surface area contributed by atoms with Crippen molar-refractivity contribution in [2.45, 2.75) is 55.7 Å². The number of carbonyl (C=O) groups excluding carboxylic acids is 1. The van der Waals surface area contributed by atoms with Gasteiger partial charge < -0.3 is 19.3 Å². The maximum absolute atomic E-state index is 13.0. The Morgan fingerprint density at radius 2 is 1.85 bits per heavy atom. The lowest BCUT2D eigenvalue weighted by atomic mass is 9.89. The lowest BCUT2D eigenvalue weighted by Gasteiger charge is -2.42. The number of carbonyl (C=O) groups is 1. The maximum atomic E-state index is 13.0. The molecule has 3 aliphatic rings. The van der Waals surface area contributed by atoms with E-state index < -0.39 is 0 Å². The number of hydrogen-bond donors (Lipinski definition) is 0. The molecule has 1 spiro atoms. The van der Waals surface area contributed by atoms with Gasteiger partial charge in [-0.1, -0.05) is 66.4 Å². The summed E-state index contributed by atoms with van der Waals surface area (Å²) in [7, 11) is 0. The van der Waals surface area contributed by atoms with Gasteiger partial charge in [0.2, 0.25) is 0 Å². The molecule has 6 rings (SSSR count). The van der Waals surface area contributed by atoms with E-state index in [1.807, 2.05) is 36.6 Å². The van der Waals surface area contributed by atoms with Gasteiger partial charge in [0, 0.05) is 44.5 Å². The maximum Gasteiger partial charge on any atom is 0.410 e. The minimum Gasteiger partial charge on any atom is -0.445 e. The number of aromatic nitrogens is 2. The van der Waals surface area contributed by atoms with Crippen molar-refractivity contribution in [3.05, 3.63) is 82.5 Å². The zero-order valence-corrected chi connectivity index (χ0v) is 22.8. The summed E-state index contributed by atoms with van der Waals surface area (Å²) < 4.78 is 12.2. The molecule has 0 unspecified atom stereocenters. The van der Waals surface area contributed by atoms with E-state index in [4.69, 9.17) is 19.4 Å². The molecule has 200 valence electrons. The van der Waals surface area contributed by atoms with Crippen molar-refractivity contribution in [1.29, 1.82) is 5.26 Å². The topological polar surface area (TPSA) is 91.6 Å². The van der Waals surface area contributed by atoms with Crippen LogP contribution in [0.5, 0.6) is 0 Å². The molecule has 1 aliphatic carbocycles. The highest BCUT2D eigenvalue weighted by atomic mass is 32.2. The van der Waals surface area contributed by atoms with Gasteiger partial charge in [0.1, 0.15) is 12.4 Å². The molecule has 0 bridgehead atoms. The Hall–Kier alpha value is -3.61. The summed E-state index contributed by atoms with van der Waals surface area (Å²) >= 11 is 1.53. The highest BCUT2D eigenvalue weighted by molar-refractivity contribution is 7.98. The van der Waals surface area contributed by atoms with Crippen LogP contribution in [0.3, 0.4) is 0 Å². The van der Waals surface area contributed by atoms with Crippen LogP contribution >= 0.6 is 11.8 Å². The molecule has 1 amide bonds. The first-order chi connectivity index (χ1) is 19.1. The molecule has 0 N–H and O–H groups in total. The summed E-state index contributed by atoms with van der Waals surface area (Å²) in [4.78, 5) is 26.7. The summed E-state index contributed by atoms with van der Waals surface area (Å²) in [5.41, 5.74) is 5.45. The third kappa shape index (κ3) is 5.19. The summed E-state index contributed by atoms with van der Waals surface area (Å²) in [6, 6.07) is 20.2. The number of rotatable bonds is 5. The predicted octanol–water partition coefficient (Wildman–Crippen LogP) is 4.55. The number of anilines is 1. The third-order valence-electron chi connectivity index (χ3n) is 7.94.